The van der Waals surface area contributed by atoms with E-state index in [-0.39, 0.29) is 0 Å². The molecule has 0 saturated carbocycles. The highest BCUT2D eigenvalue weighted by molar-refractivity contribution is 5.46. The first-order chi connectivity index (χ1) is 5.86. The average Bonchev–Trinajstić information content (AvgIpc) is 2.54. The summed E-state index contributed by atoms with van der Waals surface area (Å²) in [7, 11) is 0. The second-order valence-corrected chi connectivity index (χ2v) is 2.37. The molecule has 2 aromatic heterocycles. The molecule has 0 bridgehead atoms. The van der Waals surface area contributed by atoms with Crippen LogP contribution in [0.5, 0.6) is 0 Å². The third kappa shape index (κ3) is 1.16. The van der Waals surface area contributed by atoms with Crippen molar-refractivity contribution in [1.29, 1.82) is 0 Å². The number of aromatic amines is 1. The molecule has 12 heavy (non-hydrogen) atoms. The van der Waals surface area contributed by atoms with Crippen molar-refractivity contribution < 1.29 is 0 Å². The Morgan fingerprint density at radius 2 is 2.17 bits per heavy atom. The maximum absolute atomic E-state index is 3.88. The van der Waals surface area contributed by atoms with E-state index in [0.29, 0.717) is 11.5 Å². The zero-order valence-corrected chi connectivity index (χ0v) is 6.52. The Morgan fingerprint density at radius 1 is 1.25 bits per heavy atom. The normalized spacial score (nSPS) is 10.1. The van der Waals surface area contributed by atoms with Gasteiger partial charge in [-0.2, -0.15) is 5.10 Å². The Hall–Kier alpha value is -1.78. The second-order valence-electron chi connectivity index (χ2n) is 2.37. The lowest BCUT2D eigenvalue weighted by atomic mass is 10.4. The quantitative estimate of drug-likeness (QED) is 0.663. The fraction of sp³-hybridized carbons (Fsp3) is 0.143. The third-order valence-corrected chi connectivity index (χ3v) is 1.41. The van der Waals surface area contributed by atoms with E-state index in [1.165, 1.54) is 0 Å². The van der Waals surface area contributed by atoms with Crippen molar-refractivity contribution in [3.8, 4) is 11.5 Å². The summed E-state index contributed by atoms with van der Waals surface area (Å²) in [6.07, 6.45) is 1.62. The minimum atomic E-state index is 0.653. The molecule has 0 atom stereocenters. The number of nitrogens with zero attached hydrogens (tertiary/aromatic N) is 4. The van der Waals surface area contributed by atoms with Gasteiger partial charge in [-0.25, -0.2) is 0 Å². The highest BCUT2D eigenvalue weighted by Gasteiger charge is 2.02. The Bertz CT molecular complexity index is 366. The number of hydrogen-bond acceptors (Lipinski definition) is 4. The van der Waals surface area contributed by atoms with Crippen LogP contribution in [0.15, 0.2) is 18.3 Å². The van der Waals surface area contributed by atoms with Crippen LogP contribution in [-0.2, 0) is 0 Å². The van der Waals surface area contributed by atoms with Crippen molar-refractivity contribution in [3.05, 3.63) is 24.2 Å². The van der Waals surface area contributed by atoms with Gasteiger partial charge in [-0.05, 0) is 19.1 Å². The van der Waals surface area contributed by atoms with Gasteiger partial charge in [-0.1, -0.05) is 0 Å². The molecule has 0 aliphatic heterocycles. The largest absolute Gasteiger partial charge is 0.324 e. The van der Waals surface area contributed by atoms with E-state index in [0.717, 1.165) is 5.82 Å². The van der Waals surface area contributed by atoms with E-state index in [4.69, 9.17) is 0 Å². The van der Waals surface area contributed by atoms with Crippen LogP contribution >= 0.6 is 0 Å². The van der Waals surface area contributed by atoms with Gasteiger partial charge in [0, 0.05) is 6.20 Å². The van der Waals surface area contributed by atoms with Crippen molar-refractivity contribution in [3.63, 3.8) is 0 Å². The van der Waals surface area contributed by atoms with Crippen LogP contribution in [0, 0.1) is 6.92 Å². The van der Waals surface area contributed by atoms with Gasteiger partial charge in [-0.3, -0.25) is 0 Å². The van der Waals surface area contributed by atoms with Crippen LogP contribution in [0.2, 0.25) is 0 Å². The van der Waals surface area contributed by atoms with Crippen molar-refractivity contribution in [2.24, 2.45) is 0 Å². The van der Waals surface area contributed by atoms with Gasteiger partial charge < -0.3 is 4.98 Å². The first-order valence-electron chi connectivity index (χ1n) is 3.53. The van der Waals surface area contributed by atoms with E-state index < -0.39 is 0 Å². The summed E-state index contributed by atoms with van der Waals surface area (Å²) in [6.45, 7) is 1.84. The summed E-state index contributed by atoms with van der Waals surface area (Å²) in [5.41, 5.74) is 0.707. The lowest BCUT2D eigenvalue weighted by molar-refractivity contribution is 1.01. The van der Waals surface area contributed by atoms with Crippen molar-refractivity contribution in [2.75, 3.05) is 0 Å². The lowest BCUT2D eigenvalue weighted by Crippen LogP contribution is -1.87. The van der Waals surface area contributed by atoms with Crippen molar-refractivity contribution >= 4 is 0 Å². The van der Waals surface area contributed by atoms with E-state index in [1.54, 1.807) is 12.3 Å². The smallest absolute Gasteiger partial charge is 0.181 e. The zero-order chi connectivity index (χ0) is 8.39. The Morgan fingerprint density at radius 3 is 2.75 bits per heavy atom. The first kappa shape index (κ1) is 6.90. The predicted molar refractivity (Wildman–Crippen MR) is 42.1 cm³/mol. The van der Waals surface area contributed by atoms with Crippen molar-refractivity contribution in [1.82, 2.24) is 25.4 Å². The SMILES string of the molecule is Cc1nnc(-c2cccnn2)[nH]1. The first-order valence-corrected chi connectivity index (χ1v) is 3.53. The number of hydrogen-bond donors (Lipinski definition) is 1. The molecule has 0 aliphatic carbocycles. The molecule has 0 spiro atoms. The van der Waals surface area contributed by atoms with Gasteiger partial charge in [0.1, 0.15) is 11.5 Å². The minimum absolute atomic E-state index is 0.653. The van der Waals surface area contributed by atoms with Crippen LogP contribution in [0.25, 0.3) is 11.5 Å². The highest BCUT2D eigenvalue weighted by atomic mass is 15.2. The number of aryl methyl sites for hydroxylation is 1. The lowest BCUT2D eigenvalue weighted by Gasteiger charge is -1.89. The summed E-state index contributed by atoms with van der Waals surface area (Å²) in [5.74, 6) is 1.43. The van der Waals surface area contributed by atoms with Crippen LogP contribution < -0.4 is 0 Å². The summed E-state index contributed by atoms with van der Waals surface area (Å²) >= 11 is 0. The maximum Gasteiger partial charge on any atom is 0.181 e. The third-order valence-electron chi connectivity index (χ3n) is 1.41. The Balaban J connectivity index is 2.45. The van der Waals surface area contributed by atoms with E-state index in [1.807, 2.05) is 13.0 Å². The number of H-pyrrole nitrogens is 1. The van der Waals surface area contributed by atoms with Crippen LogP contribution in [0.3, 0.4) is 0 Å². The molecule has 5 nitrogen and oxygen atoms in total. The Kier molecular flexibility index (Phi) is 1.55. The standard InChI is InChI=1S/C7H7N5/c1-5-9-7(12-10-5)6-3-2-4-8-11-6/h2-4H,1H3,(H,9,10,12). The molecular weight excluding hydrogens is 154 g/mol. The van der Waals surface area contributed by atoms with E-state index in [9.17, 15) is 0 Å². The van der Waals surface area contributed by atoms with Crippen LogP contribution in [-0.4, -0.2) is 25.4 Å². The summed E-state index contributed by atoms with van der Waals surface area (Å²) in [5, 5.41) is 15.3. The Labute approximate surface area is 68.9 Å². The molecule has 0 aliphatic rings. The minimum Gasteiger partial charge on any atom is -0.324 e. The molecule has 0 fully saturated rings. The monoisotopic (exact) mass is 161 g/mol. The van der Waals surface area contributed by atoms with Gasteiger partial charge in [0.05, 0.1) is 0 Å². The summed E-state index contributed by atoms with van der Waals surface area (Å²) < 4.78 is 0. The van der Waals surface area contributed by atoms with E-state index >= 15 is 0 Å². The zero-order valence-electron chi connectivity index (χ0n) is 6.52. The molecule has 0 radical (unpaired) electrons. The van der Waals surface area contributed by atoms with E-state index in [2.05, 4.69) is 25.4 Å². The molecule has 0 saturated heterocycles. The highest BCUT2D eigenvalue weighted by Crippen LogP contribution is 2.07. The number of rotatable bonds is 1. The number of nitrogens with one attached hydrogen (secondary N) is 1. The molecule has 60 valence electrons. The maximum atomic E-state index is 3.88. The van der Waals surface area contributed by atoms with Gasteiger partial charge >= 0.3 is 0 Å². The topological polar surface area (TPSA) is 67.3 Å². The predicted octanol–water partition coefficient (Wildman–Crippen LogP) is 0.570. The van der Waals surface area contributed by atoms with Crippen molar-refractivity contribution in [2.45, 2.75) is 6.92 Å². The molecule has 2 rings (SSSR count). The summed E-state index contributed by atoms with van der Waals surface area (Å²) in [4.78, 5) is 2.97. The fourth-order valence-electron chi connectivity index (χ4n) is 0.889. The molecule has 0 aromatic carbocycles. The summed E-state index contributed by atoms with van der Waals surface area (Å²) in [6, 6.07) is 3.63. The van der Waals surface area contributed by atoms with Gasteiger partial charge in [-0.15, -0.1) is 15.3 Å². The average molecular weight is 161 g/mol. The molecule has 0 unspecified atom stereocenters. The number of aromatic nitrogens is 5. The van der Waals surface area contributed by atoms with Gasteiger partial charge in [0.25, 0.3) is 0 Å². The molecule has 0 amide bonds. The molecular formula is C7H7N5. The molecule has 1 N–H and O–H groups in total. The van der Waals surface area contributed by atoms with Crippen LogP contribution in [0.1, 0.15) is 5.82 Å². The molecule has 5 heteroatoms. The van der Waals surface area contributed by atoms with Crippen LogP contribution in [0.4, 0.5) is 0 Å². The molecule has 2 heterocycles. The van der Waals surface area contributed by atoms with Gasteiger partial charge in [0.15, 0.2) is 5.82 Å². The molecule has 2 aromatic rings. The fourth-order valence-corrected chi connectivity index (χ4v) is 0.889. The second kappa shape index (κ2) is 2.69. The van der Waals surface area contributed by atoms with Gasteiger partial charge in [0.2, 0.25) is 0 Å².